The number of ketones is 1. The normalized spacial score (nSPS) is 20.5. The molecular formula is C42H58O10. The molecule has 0 aromatic carbocycles. The van der Waals surface area contributed by atoms with Gasteiger partial charge in [0.1, 0.15) is 31.0 Å². The summed E-state index contributed by atoms with van der Waals surface area (Å²) in [5.41, 5.74) is 5.23. The van der Waals surface area contributed by atoms with Gasteiger partial charge in [0.15, 0.2) is 11.9 Å². The van der Waals surface area contributed by atoms with Crippen LogP contribution in [0, 0.1) is 5.41 Å². The lowest BCUT2D eigenvalue weighted by atomic mass is 9.71. The van der Waals surface area contributed by atoms with Crippen LogP contribution >= 0.6 is 0 Å². The SMILES string of the molecule is CC=CC(C)=CC=CC(C)=CC=CC=C(C)C=CC=C(C)C=CC1=C(C)C(=O)C(OC(=O)CCC(=O)OCC(O)C(O)C(O)C(O)CO)CC1(C)C. The maximum Gasteiger partial charge on any atom is 0.307 e. The Morgan fingerprint density at radius 2 is 1.25 bits per heavy atom. The molecule has 0 fully saturated rings. The van der Waals surface area contributed by atoms with E-state index in [-0.39, 0.29) is 18.6 Å². The summed E-state index contributed by atoms with van der Waals surface area (Å²) in [5, 5.41) is 47.5. The molecule has 1 aliphatic rings. The van der Waals surface area contributed by atoms with Gasteiger partial charge in [0.25, 0.3) is 0 Å². The summed E-state index contributed by atoms with van der Waals surface area (Å²) in [6.45, 7) is 14.2. The van der Waals surface area contributed by atoms with Crippen molar-refractivity contribution in [2.75, 3.05) is 13.2 Å². The van der Waals surface area contributed by atoms with Gasteiger partial charge in [-0.3, -0.25) is 14.4 Å². The fraction of sp³-hybridized carbons (Fsp3) is 0.452. The number of carbonyl (C=O) groups is 3. The van der Waals surface area contributed by atoms with Crippen molar-refractivity contribution in [3.8, 4) is 0 Å². The van der Waals surface area contributed by atoms with Gasteiger partial charge in [-0.2, -0.15) is 0 Å². The minimum atomic E-state index is -1.88. The minimum absolute atomic E-state index is 0.254. The molecule has 5 atom stereocenters. The zero-order valence-corrected chi connectivity index (χ0v) is 31.8. The summed E-state index contributed by atoms with van der Waals surface area (Å²) in [4.78, 5) is 37.8. The number of rotatable bonds is 19. The number of allylic oxidation sites excluding steroid dienone is 19. The summed E-state index contributed by atoms with van der Waals surface area (Å²) in [5.74, 6) is -1.97. The van der Waals surface area contributed by atoms with E-state index in [1.807, 2.05) is 101 Å². The molecule has 5 N–H and O–H groups in total. The van der Waals surface area contributed by atoms with Gasteiger partial charge in [-0.25, -0.2) is 0 Å². The molecular weight excluding hydrogens is 664 g/mol. The van der Waals surface area contributed by atoms with Crippen LogP contribution in [-0.2, 0) is 23.9 Å². The number of hydrogen-bond donors (Lipinski definition) is 5. The van der Waals surface area contributed by atoms with E-state index in [1.54, 1.807) is 6.92 Å². The molecule has 0 saturated carbocycles. The molecule has 0 spiro atoms. The van der Waals surface area contributed by atoms with E-state index in [0.29, 0.717) is 5.57 Å². The highest BCUT2D eigenvalue weighted by Gasteiger charge is 2.40. The van der Waals surface area contributed by atoms with Gasteiger partial charge < -0.3 is 35.0 Å². The smallest absolute Gasteiger partial charge is 0.307 e. The van der Waals surface area contributed by atoms with Crippen LogP contribution in [0.15, 0.2) is 119 Å². The molecule has 0 radical (unpaired) electrons. The molecule has 1 aliphatic carbocycles. The number of aliphatic hydroxyl groups excluding tert-OH is 5. The van der Waals surface area contributed by atoms with Crippen LogP contribution in [0.5, 0.6) is 0 Å². The van der Waals surface area contributed by atoms with Crippen molar-refractivity contribution in [3.63, 3.8) is 0 Å². The van der Waals surface area contributed by atoms with Crippen LogP contribution in [0.25, 0.3) is 0 Å². The van der Waals surface area contributed by atoms with Crippen LogP contribution in [0.3, 0.4) is 0 Å². The quantitative estimate of drug-likeness (QED) is 0.0841. The summed E-state index contributed by atoms with van der Waals surface area (Å²) < 4.78 is 10.3. The number of esters is 2. The Kier molecular flexibility index (Phi) is 20.6. The Morgan fingerprint density at radius 3 is 1.79 bits per heavy atom. The van der Waals surface area contributed by atoms with Gasteiger partial charge in [0, 0.05) is 6.42 Å². The first-order valence-electron chi connectivity index (χ1n) is 17.4. The van der Waals surface area contributed by atoms with E-state index in [0.717, 1.165) is 22.3 Å². The summed E-state index contributed by atoms with van der Waals surface area (Å²) in [6, 6.07) is 0. The van der Waals surface area contributed by atoms with Crippen LogP contribution in [0.4, 0.5) is 0 Å². The molecule has 52 heavy (non-hydrogen) atoms. The standard InChI is InChI=1S/C42H58O10/c1-9-14-28(2)17-12-18-29(3)15-10-11-16-30(4)19-13-20-31(5)21-22-33-32(6)39(48)36(25-42(33,7)8)52-38(47)24-23-37(46)51-27-35(45)41(50)40(49)34(44)26-43/h9-22,34-36,40-41,43-45,49-50H,23-27H2,1-8H3. The third-order valence-electron chi connectivity index (χ3n) is 8.25. The van der Waals surface area contributed by atoms with E-state index in [9.17, 15) is 34.8 Å². The van der Waals surface area contributed by atoms with Crippen LogP contribution in [0.1, 0.15) is 74.7 Å². The average molecular weight is 723 g/mol. The van der Waals surface area contributed by atoms with Crippen molar-refractivity contribution in [3.05, 3.63) is 119 Å². The van der Waals surface area contributed by atoms with E-state index in [2.05, 4.69) is 32.1 Å². The zero-order valence-electron chi connectivity index (χ0n) is 31.8. The fourth-order valence-corrected chi connectivity index (χ4v) is 5.15. The third-order valence-corrected chi connectivity index (χ3v) is 8.25. The van der Waals surface area contributed by atoms with Gasteiger partial charge in [0.05, 0.1) is 19.4 Å². The van der Waals surface area contributed by atoms with Gasteiger partial charge in [-0.1, -0.05) is 121 Å². The molecule has 0 aliphatic heterocycles. The molecule has 0 heterocycles. The molecule has 0 saturated heterocycles. The molecule has 5 unspecified atom stereocenters. The molecule has 0 bridgehead atoms. The molecule has 0 amide bonds. The molecule has 10 nitrogen and oxygen atoms in total. The van der Waals surface area contributed by atoms with Crippen molar-refractivity contribution in [1.82, 2.24) is 0 Å². The summed E-state index contributed by atoms with van der Waals surface area (Å²) in [7, 11) is 0. The van der Waals surface area contributed by atoms with Gasteiger partial charge in [0.2, 0.25) is 0 Å². The van der Waals surface area contributed by atoms with Gasteiger partial charge >= 0.3 is 11.9 Å². The summed E-state index contributed by atoms with van der Waals surface area (Å²) in [6.07, 6.45) is 19.4. The second-order valence-electron chi connectivity index (χ2n) is 13.5. The fourth-order valence-electron chi connectivity index (χ4n) is 5.15. The van der Waals surface area contributed by atoms with Gasteiger partial charge in [-0.05, 0) is 58.1 Å². The average Bonchev–Trinajstić information content (AvgIpc) is 3.09. The highest BCUT2D eigenvalue weighted by Crippen LogP contribution is 2.41. The molecule has 0 aromatic rings. The maximum absolute atomic E-state index is 13.2. The Labute approximate surface area is 308 Å². The van der Waals surface area contributed by atoms with E-state index in [1.165, 1.54) is 5.57 Å². The largest absolute Gasteiger partial charge is 0.463 e. The van der Waals surface area contributed by atoms with Crippen molar-refractivity contribution in [2.24, 2.45) is 5.41 Å². The predicted molar refractivity (Wildman–Crippen MR) is 204 cm³/mol. The second-order valence-corrected chi connectivity index (χ2v) is 13.5. The lowest BCUT2D eigenvalue weighted by Gasteiger charge is -2.36. The van der Waals surface area contributed by atoms with Crippen LogP contribution in [-0.4, -0.2) is 87.0 Å². The lowest BCUT2D eigenvalue weighted by Crippen LogP contribution is -2.47. The first-order valence-corrected chi connectivity index (χ1v) is 17.4. The lowest BCUT2D eigenvalue weighted by molar-refractivity contribution is -0.161. The molecule has 0 aromatic heterocycles. The predicted octanol–water partition coefficient (Wildman–Crippen LogP) is 5.56. The van der Waals surface area contributed by atoms with E-state index < -0.39 is 67.5 Å². The Hall–Kier alpha value is -4.19. The first kappa shape index (κ1) is 45.8. The van der Waals surface area contributed by atoms with E-state index >= 15 is 0 Å². The van der Waals surface area contributed by atoms with Crippen LogP contribution < -0.4 is 0 Å². The molecule has 10 heteroatoms. The minimum Gasteiger partial charge on any atom is -0.463 e. The Balaban J connectivity index is 2.74. The second kappa shape index (κ2) is 23.4. The van der Waals surface area contributed by atoms with Gasteiger partial charge in [-0.15, -0.1) is 0 Å². The maximum atomic E-state index is 13.2. The van der Waals surface area contributed by atoms with Crippen molar-refractivity contribution in [2.45, 2.75) is 105 Å². The third kappa shape index (κ3) is 16.9. The molecule has 1 rings (SSSR count). The number of ether oxygens (including phenoxy) is 2. The molecule has 286 valence electrons. The van der Waals surface area contributed by atoms with Crippen molar-refractivity contribution < 1.29 is 49.4 Å². The van der Waals surface area contributed by atoms with Crippen molar-refractivity contribution in [1.29, 1.82) is 0 Å². The number of hydrogen-bond acceptors (Lipinski definition) is 10. The Morgan fingerprint density at radius 1 is 0.769 bits per heavy atom. The number of Topliss-reactive ketones (excluding diaryl/α,β-unsaturated/α-hetero) is 1. The topological polar surface area (TPSA) is 171 Å². The summed E-state index contributed by atoms with van der Waals surface area (Å²) >= 11 is 0. The zero-order chi connectivity index (χ0) is 39.4. The first-order chi connectivity index (χ1) is 24.4. The van der Waals surface area contributed by atoms with Crippen LogP contribution in [0.2, 0.25) is 0 Å². The number of carbonyl (C=O) groups excluding carboxylic acids is 3. The van der Waals surface area contributed by atoms with E-state index in [4.69, 9.17) is 14.6 Å². The highest BCUT2D eigenvalue weighted by molar-refractivity contribution is 6.01. The van der Waals surface area contributed by atoms with Crippen molar-refractivity contribution >= 4 is 17.7 Å². The highest BCUT2D eigenvalue weighted by atomic mass is 16.6. The monoisotopic (exact) mass is 722 g/mol. The number of aliphatic hydroxyl groups is 5. The Bertz CT molecular complexity index is 1530.